The van der Waals surface area contributed by atoms with Gasteiger partial charge in [-0.25, -0.2) is 0 Å². The van der Waals surface area contributed by atoms with Gasteiger partial charge in [0.25, 0.3) is 0 Å². The van der Waals surface area contributed by atoms with Crippen LogP contribution >= 0.6 is 0 Å². The summed E-state index contributed by atoms with van der Waals surface area (Å²) in [7, 11) is 0. The smallest absolute Gasteiger partial charge is 0.155 e. The largest absolute Gasteiger partial charge is 0.295 e. The Morgan fingerprint density at radius 1 is 0.917 bits per heavy atom. The Morgan fingerprint density at radius 3 is 2.42 bits per heavy atom. The van der Waals surface area contributed by atoms with Crippen LogP contribution < -0.4 is 0 Å². The zero-order chi connectivity index (χ0) is 8.65. The summed E-state index contributed by atoms with van der Waals surface area (Å²) in [6.45, 7) is 0. The van der Waals surface area contributed by atoms with Crippen molar-refractivity contribution in [1.82, 2.24) is 0 Å². The monoisotopic (exact) mass is 164 g/mol. The van der Waals surface area contributed by atoms with Gasteiger partial charge in [0.2, 0.25) is 0 Å². The molecule has 0 amide bonds. The van der Waals surface area contributed by atoms with E-state index in [4.69, 9.17) is 0 Å². The van der Waals surface area contributed by atoms with Crippen LogP contribution in [0.2, 0.25) is 0 Å². The lowest BCUT2D eigenvalue weighted by atomic mass is 10.2. The van der Waals surface area contributed by atoms with Crippen LogP contribution in [0.1, 0.15) is 38.5 Å². The number of carbonyl (C=O) groups is 1. The van der Waals surface area contributed by atoms with Crippen molar-refractivity contribution in [1.29, 1.82) is 0 Å². The molecule has 0 radical (unpaired) electrons. The Morgan fingerprint density at radius 2 is 1.58 bits per heavy atom. The Kier molecular flexibility index (Phi) is 4.43. The molecule has 0 heterocycles. The first kappa shape index (κ1) is 9.24. The molecule has 0 aromatic carbocycles. The predicted molar refractivity (Wildman–Crippen MR) is 51.0 cm³/mol. The lowest BCUT2D eigenvalue weighted by Crippen LogP contribution is -1.89. The van der Waals surface area contributed by atoms with E-state index in [2.05, 4.69) is 12.2 Å². The molecule has 1 aliphatic carbocycles. The second kappa shape index (κ2) is 5.76. The molecule has 0 saturated heterocycles. The maximum atomic E-state index is 11.1. The summed E-state index contributed by atoms with van der Waals surface area (Å²) in [6, 6.07) is 0. The van der Waals surface area contributed by atoms with Gasteiger partial charge in [-0.2, -0.15) is 0 Å². The first-order valence-electron chi connectivity index (χ1n) is 4.74. The minimum absolute atomic E-state index is 0.265. The Labute approximate surface area is 74.2 Å². The molecule has 0 unspecified atom stereocenters. The first-order valence-corrected chi connectivity index (χ1v) is 4.74. The third-order valence-corrected chi connectivity index (χ3v) is 2.02. The Hall–Kier alpha value is -0.850. The third-order valence-electron chi connectivity index (χ3n) is 2.02. The number of ketones is 1. The standard InChI is InChI=1S/C11H16O/c12-11-9-7-5-3-1-2-4-6-8-10-11/h3,5,8,10H,1-2,4,6-7,9H2/b5-3+,10-8+. The summed E-state index contributed by atoms with van der Waals surface area (Å²) in [5.41, 5.74) is 0. The molecule has 0 atom stereocenters. The van der Waals surface area contributed by atoms with Gasteiger partial charge in [-0.05, 0) is 38.2 Å². The molecule has 12 heavy (non-hydrogen) atoms. The minimum Gasteiger partial charge on any atom is -0.295 e. The summed E-state index contributed by atoms with van der Waals surface area (Å²) in [5, 5.41) is 0. The van der Waals surface area contributed by atoms with Gasteiger partial charge in [0.05, 0.1) is 0 Å². The minimum atomic E-state index is 0.265. The van der Waals surface area contributed by atoms with Crippen LogP contribution in [0, 0.1) is 0 Å². The molecule has 0 aromatic heterocycles. The predicted octanol–water partition coefficient (Wildman–Crippen LogP) is 3.02. The molecule has 0 aliphatic heterocycles. The van der Waals surface area contributed by atoms with E-state index in [9.17, 15) is 4.79 Å². The van der Waals surface area contributed by atoms with E-state index in [0.717, 1.165) is 12.8 Å². The van der Waals surface area contributed by atoms with Crippen LogP contribution in [0.3, 0.4) is 0 Å². The van der Waals surface area contributed by atoms with Gasteiger partial charge in [-0.1, -0.05) is 18.2 Å². The van der Waals surface area contributed by atoms with Gasteiger partial charge >= 0.3 is 0 Å². The average molecular weight is 164 g/mol. The van der Waals surface area contributed by atoms with Gasteiger partial charge in [-0.3, -0.25) is 4.79 Å². The van der Waals surface area contributed by atoms with Crippen molar-refractivity contribution in [3.8, 4) is 0 Å². The fourth-order valence-corrected chi connectivity index (χ4v) is 1.28. The molecule has 0 aromatic rings. The van der Waals surface area contributed by atoms with Gasteiger partial charge in [0.1, 0.15) is 0 Å². The second-order valence-electron chi connectivity index (χ2n) is 3.16. The number of carbonyl (C=O) groups excluding carboxylic acids is 1. The molecule has 1 heteroatoms. The molecule has 66 valence electrons. The van der Waals surface area contributed by atoms with E-state index in [1.165, 1.54) is 19.3 Å². The molecule has 1 rings (SSSR count). The van der Waals surface area contributed by atoms with Gasteiger partial charge < -0.3 is 0 Å². The molecular weight excluding hydrogens is 148 g/mol. The maximum Gasteiger partial charge on any atom is 0.155 e. The Balaban J connectivity index is 2.39. The van der Waals surface area contributed by atoms with Crippen molar-refractivity contribution in [2.24, 2.45) is 0 Å². The molecule has 0 spiro atoms. The fraction of sp³-hybridized carbons (Fsp3) is 0.545. The van der Waals surface area contributed by atoms with E-state index in [1.54, 1.807) is 6.08 Å². The first-order chi connectivity index (χ1) is 5.89. The second-order valence-corrected chi connectivity index (χ2v) is 3.16. The fourth-order valence-electron chi connectivity index (χ4n) is 1.28. The molecule has 0 bridgehead atoms. The van der Waals surface area contributed by atoms with Crippen molar-refractivity contribution in [2.75, 3.05) is 0 Å². The van der Waals surface area contributed by atoms with Crippen LogP contribution in [-0.2, 0) is 4.79 Å². The van der Waals surface area contributed by atoms with E-state index < -0.39 is 0 Å². The van der Waals surface area contributed by atoms with Crippen LogP contribution in [0.4, 0.5) is 0 Å². The summed E-state index contributed by atoms with van der Waals surface area (Å²) in [5.74, 6) is 0.265. The van der Waals surface area contributed by atoms with Gasteiger partial charge in [0, 0.05) is 6.42 Å². The number of rotatable bonds is 0. The van der Waals surface area contributed by atoms with E-state index >= 15 is 0 Å². The van der Waals surface area contributed by atoms with Crippen molar-refractivity contribution >= 4 is 5.78 Å². The SMILES string of the molecule is O=C1/C=C/CCCC/C=C/CC1. The van der Waals surface area contributed by atoms with E-state index in [1.807, 2.05) is 6.08 Å². The highest BCUT2D eigenvalue weighted by Crippen LogP contribution is 2.05. The lowest BCUT2D eigenvalue weighted by molar-refractivity contribution is -0.114. The quantitative estimate of drug-likeness (QED) is 0.503. The molecule has 0 N–H and O–H groups in total. The van der Waals surface area contributed by atoms with Gasteiger partial charge in [-0.15, -0.1) is 0 Å². The normalized spacial score (nSPS) is 25.8. The summed E-state index contributed by atoms with van der Waals surface area (Å²) in [4.78, 5) is 11.1. The summed E-state index contributed by atoms with van der Waals surface area (Å²) < 4.78 is 0. The van der Waals surface area contributed by atoms with Crippen molar-refractivity contribution in [3.05, 3.63) is 24.3 Å². The molecule has 1 nitrogen and oxygen atoms in total. The van der Waals surface area contributed by atoms with Gasteiger partial charge in [0.15, 0.2) is 5.78 Å². The highest BCUT2D eigenvalue weighted by molar-refractivity contribution is 5.89. The van der Waals surface area contributed by atoms with Crippen LogP contribution in [0.5, 0.6) is 0 Å². The summed E-state index contributed by atoms with van der Waals surface area (Å²) >= 11 is 0. The van der Waals surface area contributed by atoms with E-state index in [-0.39, 0.29) is 5.78 Å². The van der Waals surface area contributed by atoms with Crippen LogP contribution in [0.25, 0.3) is 0 Å². The van der Waals surface area contributed by atoms with Crippen LogP contribution in [-0.4, -0.2) is 5.78 Å². The van der Waals surface area contributed by atoms with Crippen molar-refractivity contribution < 1.29 is 4.79 Å². The topological polar surface area (TPSA) is 17.1 Å². The zero-order valence-corrected chi connectivity index (χ0v) is 7.46. The van der Waals surface area contributed by atoms with Crippen molar-refractivity contribution in [3.63, 3.8) is 0 Å². The van der Waals surface area contributed by atoms with Crippen LogP contribution in [0.15, 0.2) is 24.3 Å². The highest BCUT2D eigenvalue weighted by Gasteiger charge is 1.94. The Bertz CT molecular complexity index is 189. The molecule has 0 saturated carbocycles. The summed E-state index contributed by atoms with van der Waals surface area (Å²) in [6.07, 6.45) is 14.3. The number of hydrogen-bond donors (Lipinski definition) is 0. The molecular formula is C11H16O. The zero-order valence-electron chi connectivity index (χ0n) is 7.46. The highest BCUT2D eigenvalue weighted by atomic mass is 16.1. The molecule has 1 aliphatic rings. The number of hydrogen-bond acceptors (Lipinski definition) is 1. The maximum absolute atomic E-state index is 11.1. The number of allylic oxidation sites excluding steroid dienone is 4. The van der Waals surface area contributed by atoms with Crippen molar-refractivity contribution in [2.45, 2.75) is 38.5 Å². The third kappa shape index (κ3) is 4.12. The van der Waals surface area contributed by atoms with E-state index in [0.29, 0.717) is 6.42 Å². The lowest BCUT2D eigenvalue weighted by Gasteiger charge is -1.90. The molecule has 0 fully saturated rings. The average Bonchev–Trinajstić information content (AvgIpc) is 2.11.